The zero-order valence-corrected chi connectivity index (χ0v) is 17.8. The molecule has 162 valence electrons. The molecule has 3 heterocycles. The van der Waals surface area contributed by atoms with Crippen LogP contribution in [0, 0.1) is 0 Å². The molecular weight excluding hydrogens is 392 g/mol. The number of aliphatic hydroxyl groups is 1. The minimum atomic E-state index is -1.03. The Morgan fingerprint density at radius 2 is 1.94 bits per heavy atom. The fourth-order valence-electron chi connectivity index (χ4n) is 4.23. The summed E-state index contributed by atoms with van der Waals surface area (Å²) in [4.78, 5) is 36.2. The Hall–Kier alpha value is -3.06. The zero-order chi connectivity index (χ0) is 21.8. The lowest BCUT2D eigenvalue weighted by Gasteiger charge is -2.38. The first-order valence-electron chi connectivity index (χ1n) is 10.9. The average Bonchev–Trinajstić information content (AvgIpc) is 2.80. The molecule has 1 N–H and O–H groups in total. The van der Waals surface area contributed by atoms with Crippen LogP contribution in [0.4, 0.5) is 0 Å². The lowest BCUT2D eigenvalue weighted by atomic mass is 9.90. The lowest BCUT2D eigenvalue weighted by Crippen LogP contribution is -2.50. The van der Waals surface area contributed by atoms with E-state index in [0.717, 1.165) is 5.56 Å². The molecule has 0 spiro atoms. The van der Waals surface area contributed by atoms with Gasteiger partial charge in [-0.2, -0.15) is 0 Å². The fraction of sp³-hybridized carbons (Fsp3) is 0.417. The summed E-state index contributed by atoms with van der Waals surface area (Å²) in [6.07, 6.45) is 6.07. The van der Waals surface area contributed by atoms with Crippen LogP contribution in [-0.2, 0) is 24.2 Å². The van der Waals surface area contributed by atoms with Gasteiger partial charge in [0.05, 0.1) is 23.0 Å². The van der Waals surface area contributed by atoms with Gasteiger partial charge in [0.15, 0.2) is 0 Å². The first kappa shape index (κ1) is 21.2. The highest BCUT2D eigenvalue weighted by Gasteiger charge is 2.35. The molecule has 0 unspecified atom stereocenters. The number of rotatable bonds is 6. The summed E-state index contributed by atoms with van der Waals surface area (Å²) in [6.45, 7) is 3.13. The number of piperidine rings is 1. The van der Waals surface area contributed by atoms with Crippen molar-refractivity contribution in [1.29, 1.82) is 0 Å². The summed E-state index contributed by atoms with van der Waals surface area (Å²) in [6, 6.07) is 11.1. The van der Waals surface area contributed by atoms with Gasteiger partial charge >= 0.3 is 0 Å². The van der Waals surface area contributed by atoms with Crippen LogP contribution in [0.25, 0.3) is 10.9 Å². The number of aryl methyl sites for hydroxylation is 2. The lowest BCUT2D eigenvalue weighted by molar-refractivity contribution is -0.135. The van der Waals surface area contributed by atoms with Gasteiger partial charge in [-0.05, 0) is 43.0 Å². The SMILES string of the molecule is CCc1nc2ccccc2c(=O)n1CC1(O)CCN(C(=O)CCc2cccnc2)CC1. The number of benzene rings is 1. The third-order valence-electron chi connectivity index (χ3n) is 6.11. The highest BCUT2D eigenvalue weighted by molar-refractivity contribution is 5.77. The minimum Gasteiger partial charge on any atom is -0.388 e. The second kappa shape index (κ2) is 8.98. The van der Waals surface area contributed by atoms with Crippen LogP contribution in [0.1, 0.15) is 37.6 Å². The Balaban J connectivity index is 1.42. The molecule has 1 fully saturated rings. The van der Waals surface area contributed by atoms with Crippen molar-refractivity contribution in [2.75, 3.05) is 13.1 Å². The number of hydrogen-bond donors (Lipinski definition) is 1. The molecule has 0 bridgehead atoms. The van der Waals surface area contributed by atoms with Gasteiger partial charge in [0, 0.05) is 38.3 Å². The summed E-state index contributed by atoms with van der Waals surface area (Å²) in [7, 11) is 0. The largest absolute Gasteiger partial charge is 0.388 e. The summed E-state index contributed by atoms with van der Waals surface area (Å²) >= 11 is 0. The molecule has 0 aliphatic carbocycles. The molecule has 7 nitrogen and oxygen atoms in total. The van der Waals surface area contributed by atoms with Crippen LogP contribution < -0.4 is 5.56 Å². The minimum absolute atomic E-state index is 0.0877. The Morgan fingerprint density at radius 3 is 2.65 bits per heavy atom. The molecule has 0 atom stereocenters. The Morgan fingerprint density at radius 1 is 1.16 bits per heavy atom. The maximum absolute atomic E-state index is 13.1. The number of fused-ring (bicyclic) bond motifs is 1. The number of aromatic nitrogens is 3. The van der Waals surface area contributed by atoms with Crippen molar-refractivity contribution in [3.05, 3.63) is 70.5 Å². The van der Waals surface area contributed by atoms with Crippen molar-refractivity contribution in [3.8, 4) is 0 Å². The van der Waals surface area contributed by atoms with Crippen LogP contribution in [0.2, 0.25) is 0 Å². The number of carbonyl (C=O) groups is 1. The molecule has 1 saturated heterocycles. The van der Waals surface area contributed by atoms with E-state index in [-0.39, 0.29) is 18.0 Å². The monoisotopic (exact) mass is 420 g/mol. The van der Waals surface area contributed by atoms with E-state index in [1.54, 1.807) is 23.0 Å². The van der Waals surface area contributed by atoms with E-state index in [1.807, 2.05) is 42.2 Å². The number of carbonyl (C=O) groups excluding carboxylic acids is 1. The average molecular weight is 421 g/mol. The normalized spacial score (nSPS) is 15.9. The third-order valence-corrected chi connectivity index (χ3v) is 6.11. The zero-order valence-electron chi connectivity index (χ0n) is 17.8. The number of nitrogens with zero attached hydrogens (tertiary/aromatic N) is 4. The maximum atomic E-state index is 13.1. The number of amides is 1. The molecule has 1 aromatic carbocycles. The molecule has 0 saturated carbocycles. The van der Waals surface area contributed by atoms with Crippen LogP contribution in [-0.4, -0.2) is 49.1 Å². The Bertz CT molecular complexity index is 1120. The van der Waals surface area contributed by atoms with Crippen molar-refractivity contribution in [1.82, 2.24) is 19.4 Å². The van der Waals surface area contributed by atoms with Gasteiger partial charge in [0.25, 0.3) is 5.56 Å². The van der Waals surface area contributed by atoms with E-state index in [9.17, 15) is 14.7 Å². The molecule has 1 aliphatic heterocycles. The molecule has 4 rings (SSSR count). The van der Waals surface area contributed by atoms with Crippen LogP contribution >= 0.6 is 0 Å². The van der Waals surface area contributed by atoms with Gasteiger partial charge in [0.2, 0.25) is 5.91 Å². The molecule has 3 aromatic rings. The number of likely N-dealkylation sites (tertiary alicyclic amines) is 1. The van der Waals surface area contributed by atoms with Gasteiger partial charge in [-0.3, -0.25) is 19.1 Å². The van der Waals surface area contributed by atoms with Gasteiger partial charge in [-0.15, -0.1) is 0 Å². The van der Waals surface area contributed by atoms with E-state index in [1.165, 1.54) is 0 Å². The predicted octanol–water partition coefficient (Wildman–Crippen LogP) is 2.34. The van der Waals surface area contributed by atoms with Gasteiger partial charge in [-0.1, -0.05) is 25.1 Å². The van der Waals surface area contributed by atoms with E-state index in [4.69, 9.17) is 0 Å². The molecule has 1 aliphatic rings. The molecule has 7 heteroatoms. The van der Waals surface area contributed by atoms with Crippen LogP contribution in [0.15, 0.2) is 53.6 Å². The van der Waals surface area contributed by atoms with Crippen molar-refractivity contribution in [2.45, 2.75) is 51.2 Å². The van der Waals surface area contributed by atoms with Crippen molar-refractivity contribution < 1.29 is 9.90 Å². The van der Waals surface area contributed by atoms with Crippen molar-refractivity contribution >= 4 is 16.8 Å². The van der Waals surface area contributed by atoms with Crippen LogP contribution in [0.5, 0.6) is 0 Å². The van der Waals surface area contributed by atoms with Gasteiger partial charge in [-0.25, -0.2) is 4.98 Å². The van der Waals surface area contributed by atoms with Gasteiger partial charge < -0.3 is 10.0 Å². The van der Waals surface area contributed by atoms with Gasteiger partial charge in [0.1, 0.15) is 5.82 Å². The van der Waals surface area contributed by atoms with E-state index in [2.05, 4.69) is 9.97 Å². The Kier molecular flexibility index (Phi) is 6.13. The summed E-state index contributed by atoms with van der Waals surface area (Å²) < 4.78 is 1.61. The summed E-state index contributed by atoms with van der Waals surface area (Å²) in [5.41, 5.74) is 0.574. The third kappa shape index (κ3) is 4.66. The van der Waals surface area contributed by atoms with E-state index in [0.29, 0.717) is 61.9 Å². The second-order valence-corrected chi connectivity index (χ2v) is 8.26. The quantitative estimate of drug-likeness (QED) is 0.661. The summed E-state index contributed by atoms with van der Waals surface area (Å²) in [5, 5.41) is 11.8. The Labute approximate surface area is 181 Å². The van der Waals surface area contributed by atoms with Crippen LogP contribution in [0.3, 0.4) is 0 Å². The molecule has 1 amide bonds. The van der Waals surface area contributed by atoms with Crippen molar-refractivity contribution in [3.63, 3.8) is 0 Å². The summed E-state index contributed by atoms with van der Waals surface area (Å²) in [5.74, 6) is 0.761. The van der Waals surface area contributed by atoms with E-state index >= 15 is 0 Å². The second-order valence-electron chi connectivity index (χ2n) is 8.26. The first-order valence-corrected chi connectivity index (χ1v) is 10.9. The molecular formula is C24H28N4O3. The highest BCUT2D eigenvalue weighted by Crippen LogP contribution is 2.25. The topological polar surface area (TPSA) is 88.3 Å². The molecule has 0 radical (unpaired) electrons. The fourth-order valence-corrected chi connectivity index (χ4v) is 4.23. The molecule has 2 aromatic heterocycles. The number of pyridine rings is 1. The van der Waals surface area contributed by atoms with Crippen molar-refractivity contribution in [2.24, 2.45) is 0 Å². The first-order chi connectivity index (χ1) is 15.0. The smallest absolute Gasteiger partial charge is 0.261 e. The number of para-hydroxylation sites is 1. The van der Waals surface area contributed by atoms with E-state index < -0.39 is 5.60 Å². The standard InChI is InChI=1S/C24H28N4O3/c1-2-21-26-20-8-4-3-7-19(20)23(30)28(21)17-24(31)11-14-27(15-12-24)22(29)10-9-18-6-5-13-25-16-18/h3-8,13,16,31H,2,9-12,14-15,17H2,1H3. The molecule has 31 heavy (non-hydrogen) atoms. The highest BCUT2D eigenvalue weighted by atomic mass is 16.3. The maximum Gasteiger partial charge on any atom is 0.261 e. The number of hydrogen-bond acceptors (Lipinski definition) is 5. The predicted molar refractivity (Wildman–Crippen MR) is 119 cm³/mol.